The van der Waals surface area contributed by atoms with E-state index in [1.165, 1.54) is 44.5 Å². The maximum atomic E-state index is 5.16. The van der Waals surface area contributed by atoms with Crippen LogP contribution in [0.5, 0.6) is 0 Å². The average molecular weight is 509 g/mol. The van der Waals surface area contributed by atoms with Crippen LogP contribution in [0.3, 0.4) is 0 Å². The summed E-state index contributed by atoms with van der Waals surface area (Å²) in [5, 5.41) is 0. The molecular weight excluding hydrogens is 484 g/mol. The Bertz CT molecular complexity index is 2070. The molecule has 0 unspecified atom stereocenters. The van der Waals surface area contributed by atoms with E-state index in [1.54, 1.807) is 0 Å². The minimum Gasteiger partial charge on any atom is -0.292 e. The molecule has 0 fully saturated rings. The van der Waals surface area contributed by atoms with Crippen molar-refractivity contribution in [3.63, 3.8) is 0 Å². The molecule has 2 heteroatoms. The van der Waals surface area contributed by atoms with Gasteiger partial charge in [0.1, 0.15) is 5.82 Å². The minimum absolute atomic E-state index is 0.363. The van der Waals surface area contributed by atoms with Crippen LogP contribution in [-0.2, 0) is 5.41 Å². The van der Waals surface area contributed by atoms with Crippen molar-refractivity contribution in [1.29, 1.82) is 0 Å². The number of nitrogens with zero attached hydrogens (tertiary/aromatic N) is 2. The number of benzene rings is 6. The standard InChI is InChI=1S/C38H24N2/c1-2-13-25(14-3-1)37-39-33-22-10-11-23-34(33)40(37)35-24-12-21-32-36(35)28-17-6-9-20-31(28)38(32)29-18-7-4-15-26(29)27-16-5-8-19-30(27)38/h1-24H. The molecule has 2 nitrogen and oxygen atoms in total. The quantitative estimate of drug-likeness (QED) is 0.228. The molecule has 2 aliphatic rings. The van der Waals surface area contributed by atoms with E-state index in [2.05, 4.69) is 150 Å². The van der Waals surface area contributed by atoms with E-state index in [9.17, 15) is 0 Å². The molecular formula is C38H24N2. The molecule has 40 heavy (non-hydrogen) atoms. The van der Waals surface area contributed by atoms with Gasteiger partial charge in [0.2, 0.25) is 0 Å². The molecule has 2 aliphatic carbocycles. The smallest absolute Gasteiger partial charge is 0.145 e. The Kier molecular flexibility index (Phi) is 4.29. The van der Waals surface area contributed by atoms with Crippen LogP contribution in [-0.4, -0.2) is 9.55 Å². The number of fused-ring (bicyclic) bond motifs is 11. The van der Waals surface area contributed by atoms with E-state index in [0.717, 1.165) is 28.1 Å². The van der Waals surface area contributed by atoms with Gasteiger partial charge < -0.3 is 0 Å². The summed E-state index contributed by atoms with van der Waals surface area (Å²) >= 11 is 0. The van der Waals surface area contributed by atoms with E-state index in [1.807, 2.05) is 0 Å². The monoisotopic (exact) mass is 508 g/mol. The van der Waals surface area contributed by atoms with Crippen LogP contribution < -0.4 is 0 Å². The van der Waals surface area contributed by atoms with E-state index >= 15 is 0 Å². The molecule has 0 radical (unpaired) electrons. The van der Waals surface area contributed by atoms with E-state index in [4.69, 9.17) is 4.98 Å². The van der Waals surface area contributed by atoms with Gasteiger partial charge in [-0.25, -0.2) is 4.98 Å². The zero-order valence-corrected chi connectivity index (χ0v) is 21.8. The third kappa shape index (κ3) is 2.60. The van der Waals surface area contributed by atoms with Crippen LogP contribution in [0.25, 0.3) is 50.4 Å². The fourth-order valence-corrected chi connectivity index (χ4v) is 7.36. The lowest BCUT2D eigenvalue weighted by molar-refractivity contribution is 0.793. The van der Waals surface area contributed by atoms with Crippen LogP contribution in [0, 0.1) is 0 Å². The van der Waals surface area contributed by atoms with Crippen molar-refractivity contribution in [2.45, 2.75) is 5.41 Å². The van der Waals surface area contributed by atoms with Crippen LogP contribution in [0.4, 0.5) is 0 Å². The second kappa shape index (κ2) is 7.91. The first kappa shape index (κ1) is 21.7. The van der Waals surface area contributed by atoms with Gasteiger partial charge >= 0.3 is 0 Å². The normalized spacial score (nSPS) is 13.7. The average Bonchev–Trinajstić information content (AvgIpc) is 3.66. The lowest BCUT2D eigenvalue weighted by Crippen LogP contribution is -2.25. The lowest BCUT2D eigenvalue weighted by atomic mass is 9.70. The van der Waals surface area contributed by atoms with Gasteiger partial charge in [0.25, 0.3) is 0 Å². The molecule has 9 rings (SSSR count). The molecule has 0 amide bonds. The Hall–Kier alpha value is -5.21. The van der Waals surface area contributed by atoms with Gasteiger partial charge in [-0.15, -0.1) is 0 Å². The Balaban J connectivity index is 1.45. The molecule has 0 aliphatic heterocycles. The summed E-state index contributed by atoms with van der Waals surface area (Å²) in [6.45, 7) is 0. The number of hydrogen-bond acceptors (Lipinski definition) is 1. The molecule has 1 spiro atoms. The Morgan fingerprint density at radius 2 is 1.00 bits per heavy atom. The Morgan fingerprint density at radius 1 is 0.450 bits per heavy atom. The van der Waals surface area contributed by atoms with Gasteiger partial charge in [-0.3, -0.25) is 4.57 Å². The number of imidazole rings is 1. The summed E-state index contributed by atoms with van der Waals surface area (Å²) in [4.78, 5) is 5.16. The maximum Gasteiger partial charge on any atom is 0.145 e. The van der Waals surface area contributed by atoms with E-state index in [-0.39, 0.29) is 5.41 Å². The van der Waals surface area contributed by atoms with Gasteiger partial charge in [0.15, 0.2) is 0 Å². The molecule has 7 aromatic rings. The fraction of sp³-hybridized carbons (Fsp3) is 0.0263. The summed E-state index contributed by atoms with van der Waals surface area (Å²) in [5.74, 6) is 0.959. The van der Waals surface area contributed by atoms with Crippen molar-refractivity contribution < 1.29 is 0 Å². The predicted octanol–water partition coefficient (Wildman–Crippen LogP) is 9.04. The van der Waals surface area contributed by atoms with Gasteiger partial charge in [-0.05, 0) is 57.1 Å². The maximum absolute atomic E-state index is 5.16. The summed E-state index contributed by atoms with van der Waals surface area (Å²) in [7, 11) is 0. The first-order chi connectivity index (χ1) is 19.9. The third-order valence-electron chi connectivity index (χ3n) is 8.83. The molecule has 0 atom stereocenters. The topological polar surface area (TPSA) is 17.8 Å². The van der Waals surface area contributed by atoms with E-state index in [0.29, 0.717) is 0 Å². The molecule has 0 bridgehead atoms. The van der Waals surface area contributed by atoms with Crippen molar-refractivity contribution in [3.05, 3.63) is 168 Å². The Morgan fingerprint density at radius 3 is 1.73 bits per heavy atom. The van der Waals surface area contributed by atoms with Crippen LogP contribution >= 0.6 is 0 Å². The van der Waals surface area contributed by atoms with Gasteiger partial charge in [-0.1, -0.05) is 127 Å². The number of aromatic nitrogens is 2. The lowest BCUT2D eigenvalue weighted by Gasteiger charge is -2.30. The molecule has 1 heterocycles. The highest BCUT2D eigenvalue weighted by atomic mass is 15.1. The molecule has 0 saturated heterocycles. The molecule has 0 N–H and O–H groups in total. The van der Waals surface area contributed by atoms with Gasteiger partial charge in [-0.2, -0.15) is 0 Å². The van der Waals surface area contributed by atoms with E-state index < -0.39 is 0 Å². The van der Waals surface area contributed by atoms with Crippen molar-refractivity contribution in [3.8, 4) is 39.3 Å². The first-order valence-corrected chi connectivity index (χ1v) is 13.8. The zero-order valence-electron chi connectivity index (χ0n) is 21.8. The highest BCUT2D eigenvalue weighted by Crippen LogP contribution is 2.63. The highest BCUT2D eigenvalue weighted by molar-refractivity contribution is 5.98. The van der Waals surface area contributed by atoms with Gasteiger partial charge in [0.05, 0.1) is 22.1 Å². The third-order valence-corrected chi connectivity index (χ3v) is 8.83. The van der Waals surface area contributed by atoms with Crippen molar-refractivity contribution in [1.82, 2.24) is 9.55 Å². The van der Waals surface area contributed by atoms with Crippen LogP contribution in [0.2, 0.25) is 0 Å². The number of rotatable bonds is 2. The summed E-state index contributed by atoms with van der Waals surface area (Å²) in [5.41, 5.74) is 14.6. The summed E-state index contributed by atoms with van der Waals surface area (Å²) in [6, 6.07) is 52.8. The fourth-order valence-electron chi connectivity index (χ4n) is 7.36. The summed E-state index contributed by atoms with van der Waals surface area (Å²) < 4.78 is 2.37. The SMILES string of the molecule is c1ccc(-c2nc3ccccc3n2-c2cccc3c2-c2ccccc2C32c3ccccc3-c3ccccc32)cc1. The number of para-hydroxylation sites is 2. The largest absolute Gasteiger partial charge is 0.292 e. The molecule has 0 saturated carbocycles. The number of hydrogen-bond donors (Lipinski definition) is 0. The van der Waals surface area contributed by atoms with Crippen molar-refractivity contribution >= 4 is 11.0 Å². The second-order valence-corrected chi connectivity index (χ2v) is 10.7. The van der Waals surface area contributed by atoms with Gasteiger partial charge in [0, 0.05) is 11.1 Å². The van der Waals surface area contributed by atoms with Crippen molar-refractivity contribution in [2.24, 2.45) is 0 Å². The Labute approximate surface area is 232 Å². The molecule has 1 aromatic heterocycles. The highest BCUT2D eigenvalue weighted by Gasteiger charge is 2.52. The minimum atomic E-state index is -0.363. The second-order valence-electron chi connectivity index (χ2n) is 10.7. The zero-order chi connectivity index (χ0) is 26.3. The molecule has 186 valence electrons. The predicted molar refractivity (Wildman–Crippen MR) is 163 cm³/mol. The summed E-state index contributed by atoms with van der Waals surface area (Å²) in [6.07, 6.45) is 0. The first-order valence-electron chi connectivity index (χ1n) is 13.8. The van der Waals surface area contributed by atoms with Crippen LogP contribution in [0.1, 0.15) is 22.3 Å². The van der Waals surface area contributed by atoms with Crippen LogP contribution in [0.15, 0.2) is 146 Å². The van der Waals surface area contributed by atoms with Crippen molar-refractivity contribution in [2.75, 3.05) is 0 Å². The molecule has 6 aromatic carbocycles.